The Labute approximate surface area is 124 Å². The molecule has 22 heavy (non-hydrogen) atoms. The van der Waals surface area contributed by atoms with Gasteiger partial charge in [-0.1, -0.05) is 12.1 Å². The summed E-state index contributed by atoms with van der Waals surface area (Å²) < 4.78 is 12.4. The first-order valence-electron chi connectivity index (χ1n) is 6.66. The zero-order valence-electron chi connectivity index (χ0n) is 11.7. The SMILES string of the molecule is COc1cccc2cc(-c3cn4ccncc4n3)c(=O)oc12. The number of benzene rings is 1. The molecule has 0 aliphatic carbocycles. The maximum Gasteiger partial charge on any atom is 0.345 e. The van der Waals surface area contributed by atoms with Gasteiger partial charge in [-0.15, -0.1) is 0 Å². The molecule has 3 heterocycles. The van der Waals surface area contributed by atoms with E-state index in [1.54, 1.807) is 41.3 Å². The lowest BCUT2D eigenvalue weighted by Crippen LogP contribution is -2.03. The maximum atomic E-state index is 12.3. The van der Waals surface area contributed by atoms with Crippen molar-refractivity contribution in [1.29, 1.82) is 0 Å². The van der Waals surface area contributed by atoms with E-state index in [-0.39, 0.29) is 0 Å². The molecule has 0 fully saturated rings. The van der Waals surface area contributed by atoms with Crippen LogP contribution < -0.4 is 10.4 Å². The third-order valence-corrected chi connectivity index (χ3v) is 3.48. The number of fused-ring (bicyclic) bond motifs is 2. The van der Waals surface area contributed by atoms with E-state index in [4.69, 9.17) is 9.15 Å². The highest BCUT2D eigenvalue weighted by Gasteiger charge is 2.13. The molecule has 6 nitrogen and oxygen atoms in total. The second kappa shape index (κ2) is 4.70. The minimum Gasteiger partial charge on any atom is -0.493 e. The summed E-state index contributed by atoms with van der Waals surface area (Å²) in [5.74, 6) is 0.528. The quantitative estimate of drug-likeness (QED) is 0.531. The molecule has 0 amide bonds. The van der Waals surface area contributed by atoms with E-state index in [1.165, 1.54) is 7.11 Å². The number of aromatic nitrogens is 3. The topological polar surface area (TPSA) is 69.6 Å². The monoisotopic (exact) mass is 293 g/mol. The van der Waals surface area contributed by atoms with Gasteiger partial charge in [-0.2, -0.15) is 0 Å². The number of ether oxygens (including phenoxy) is 1. The molecule has 0 N–H and O–H groups in total. The van der Waals surface area contributed by atoms with Gasteiger partial charge in [0.15, 0.2) is 17.0 Å². The van der Waals surface area contributed by atoms with E-state index in [2.05, 4.69) is 9.97 Å². The lowest BCUT2D eigenvalue weighted by atomic mass is 10.1. The third-order valence-electron chi connectivity index (χ3n) is 3.48. The highest BCUT2D eigenvalue weighted by atomic mass is 16.5. The Hall–Kier alpha value is -3.15. The lowest BCUT2D eigenvalue weighted by Gasteiger charge is -2.04. The Morgan fingerprint density at radius 1 is 1.32 bits per heavy atom. The molecular formula is C16H11N3O3. The summed E-state index contributed by atoms with van der Waals surface area (Å²) >= 11 is 0. The van der Waals surface area contributed by atoms with Crippen LogP contribution in [0.3, 0.4) is 0 Å². The van der Waals surface area contributed by atoms with Crippen molar-refractivity contribution < 1.29 is 9.15 Å². The predicted octanol–water partition coefficient (Wildman–Crippen LogP) is 2.51. The van der Waals surface area contributed by atoms with Crippen LogP contribution in [0.1, 0.15) is 0 Å². The molecule has 0 aliphatic rings. The van der Waals surface area contributed by atoms with E-state index in [0.29, 0.717) is 28.2 Å². The zero-order valence-corrected chi connectivity index (χ0v) is 11.7. The summed E-state index contributed by atoms with van der Waals surface area (Å²) in [5.41, 5.74) is 1.61. The van der Waals surface area contributed by atoms with Crippen LogP contribution in [-0.2, 0) is 0 Å². The highest BCUT2D eigenvalue weighted by molar-refractivity contribution is 5.85. The Bertz CT molecular complexity index is 1020. The summed E-state index contributed by atoms with van der Waals surface area (Å²) in [6, 6.07) is 7.22. The van der Waals surface area contributed by atoms with Gasteiger partial charge in [0.25, 0.3) is 0 Å². The fourth-order valence-electron chi connectivity index (χ4n) is 2.43. The van der Waals surface area contributed by atoms with Gasteiger partial charge in [-0.25, -0.2) is 9.78 Å². The van der Waals surface area contributed by atoms with Gasteiger partial charge >= 0.3 is 5.63 Å². The molecule has 0 bridgehead atoms. The van der Waals surface area contributed by atoms with Crippen molar-refractivity contribution in [2.45, 2.75) is 0 Å². The second-order valence-corrected chi connectivity index (χ2v) is 4.79. The number of imidazole rings is 1. The number of hydrogen-bond donors (Lipinski definition) is 0. The molecule has 0 spiro atoms. The van der Waals surface area contributed by atoms with Crippen molar-refractivity contribution in [3.05, 3.63) is 59.5 Å². The summed E-state index contributed by atoms with van der Waals surface area (Å²) in [4.78, 5) is 20.7. The van der Waals surface area contributed by atoms with Crippen LogP contribution in [0.15, 0.2) is 58.3 Å². The molecule has 4 rings (SSSR count). The van der Waals surface area contributed by atoms with Crippen molar-refractivity contribution in [1.82, 2.24) is 14.4 Å². The number of para-hydroxylation sites is 1. The predicted molar refractivity (Wildman–Crippen MR) is 81.0 cm³/mol. The fourth-order valence-corrected chi connectivity index (χ4v) is 2.43. The molecule has 3 aromatic heterocycles. The third kappa shape index (κ3) is 1.85. The van der Waals surface area contributed by atoms with Crippen LogP contribution in [0, 0.1) is 0 Å². The fraction of sp³-hybridized carbons (Fsp3) is 0.0625. The molecule has 6 heteroatoms. The minimum absolute atomic E-state index is 0.407. The van der Waals surface area contributed by atoms with Crippen molar-refractivity contribution in [2.24, 2.45) is 0 Å². The van der Waals surface area contributed by atoms with Gasteiger partial charge in [0, 0.05) is 24.0 Å². The van der Waals surface area contributed by atoms with Crippen molar-refractivity contribution in [3.8, 4) is 17.0 Å². The average molecular weight is 293 g/mol. The molecule has 0 saturated carbocycles. The van der Waals surface area contributed by atoms with E-state index in [1.807, 2.05) is 12.1 Å². The standard InChI is InChI=1S/C16H11N3O3/c1-21-13-4-2-3-10-7-11(16(20)22-15(10)13)12-9-19-6-5-17-8-14(19)18-12/h2-9H,1H3. The van der Waals surface area contributed by atoms with Gasteiger partial charge in [0.05, 0.1) is 24.6 Å². The van der Waals surface area contributed by atoms with Crippen LogP contribution in [0.2, 0.25) is 0 Å². The van der Waals surface area contributed by atoms with Gasteiger partial charge in [-0.3, -0.25) is 4.98 Å². The van der Waals surface area contributed by atoms with Crippen molar-refractivity contribution >= 4 is 16.6 Å². The van der Waals surface area contributed by atoms with E-state index < -0.39 is 5.63 Å². The lowest BCUT2D eigenvalue weighted by molar-refractivity contribution is 0.407. The van der Waals surface area contributed by atoms with E-state index >= 15 is 0 Å². The Balaban J connectivity index is 1.98. The molecule has 0 unspecified atom stereocenters. The van der Waals surface area contributed by atoms with Crippen LogP contribution in [0.25, 0.3) is 27.9 Å². The molecule has 1 aromatic carbocycles. The van der Waals surface area contributed by atoms with Crippen LogP contribution >= 0.6 is 0 Å². The molecule has 0 aliphatic heterocycles. The normalized spacial score (nSPS) is 11.1. The molecular weight excluding hydrogens is 282 g/mol. The minimum atomic E-state index is -0.451. The molecule has 0 radical (unpaired) electrons. The number of rotatable bonds is 2. The van der Waals surface area contributed by atoms with Crippen LogP contribution in [0.4, 0.5) is 0 Å². The summed E-state index contributed by atoms with van der Waals surface area (Å²) in [6.07, 6.45) is 6.84. The summed E-state index contributed by atoms with van der Waals surface area (Å²) in [6.45, 7) is 0. The first kappa shape index (κ1) is 12.6. The summed E-state index contributed by atoms with van der Waals surface area (Å²) in [7, 11) is 1.54. The van der Waals surface area contributed by atoms with Crippen LogP contribution in [0.5, 0.6) is 5.75 Å². The summed E-state index contributed by atoms with van der Waals surface area (Å²) in [5, 5.41) is 0.782. The first-order valence-corrected chi connectivity index (χ1v) is 6.66. The highest BCUT2D eigenvalue weighted by Crippen LogP contribution is 2.27. The number of methoxy groups -OCH3 is 1. The first-order chi connectivity index (χ1) is 10.8. The molecule has 108 valence electrons. The van der Waals surface area contributed by atoms with Crippen molar-refractivity contribution in [3.63, 3.8) is 0 Å². The molecule has 0 saturated heterocycles. The van der Waals surface area contributed by atoms with Gasteiger partial charge in [-0.05, 0) is 12.1 Å². The van der Waals surface area contributed by atoms with Gasteiger partial charge in [0.1, 0.15) is 0 Å². The van der Waals surface area contributed by atoms with Gasteiger partial charge < -0.3 is 13.6 Å². The smallest absolute Gasteiger partial charge is 0.345 e. The van der Waals surface area contributed by atoms with E-state index in [9.17, 15) is 4.79 Å². The molecule has 4 aromatic rings. The molecule has 0 atom stereocenters. The number of nitrogens with zero attached hydrogens (tertiary/aromatic N) is 3. The van der Waals surface area contributed by atoms with Gasteiger partial charge in [0.2, 0.25) is 0 Å². The Morgan fingerprint density at radius 2 is 2.23 bits per heavy atom. The average Bonchev–Trinajstić information content (AvgIpc) is 2.97. The maximum absolute atomic E-state index is 12.3. The zero-order chi connectivity index (χ0) is 15.1. The Morgan fingerprint density at radius 3 is 3.05 bits per heavy atom. The van der Waals surface area contributed by atoms with Crippen molar-refractivity contribution in [2.75, 3.05) is 7.11 Å². The van der Waals surface area contributed by atoms with Crippen LogP contribution in [-0.4, -0.2) is 21.5 Å². The largest absolute Gasteiger partial charge is 0.493 e. The number of hydrogen-bond acceptors (Lipinski definition) is 5. The Kier molecular flexibility index (Phi) is 2.69. The van der Waals surface area contributed by atoms with E-state index in [0.717, 1.165) is 5.39 Å². The second-order valence-electron chi connectivity index (χ2n) is 4.79.